The molecule has 2 amide bonds. The summed E-state index contributed by atoms with van der Waals surface area (Å²) in [6, 6.07) is 12.6. The number of carbonyl (C=O) groups excluding carboxylic acids is 2. The van der Waals surface area contributed by atoms with Gasteiger partial charge in [0.2, 0.25) is 0 Å². The minimum atomic E-state index is -0.332. The van der Waals surface area contributed by atoms with Crippen molar-refractivity contribution in [3.63, 3.8) is 0 Å². The van der Waals surface area contributed by atoms with Gasteiger partial charge in [-0.3, -0.25) is 9.59 Å². The summed E-state index contributed by atoms with van der Waals surface area (Å²) in [5.41, 5.74) is 1.71. The molecule has 0 spiro atoms. The van der Waals surface area contributed by atoms with Gasteiger partial charge in [0.05, 0.1) is 12.0 Å². The quantitative estimate of drug-likeness (QED) is 0.604. The normalized spacial score (nSPS) is 18.8. The number of nitrogens with zero attached hydrogens (tertiary/aromatic N) is 4. The molecule has 4 heterocycles. The van der Waals surface area contributed by atoms with Gasteiger partial charge in [-0.15, -0.1) is 0 Å². The zero-order valence-corrected chi connectivity index (χ0v) is 18.2. The number of aromatic nitrogens is 2. The maximum atomic E-state index is 13.2. The van der Waals surface area contributed by atoms with E-state index >= 15 is 0 Å². The molecular formula is C23H23ClN4O4. The Labute approximate surface area is 190 Å². The first-order valence-electron chi connectivity index (χ1n) is 10.7. The molecule has 0 saturated carbocycles. The highest BCUT2D eigenvalue weighted by Crippen LogP contribution is 2.26. The molecule has 0 radical (unpaired) electrons. The maximum Gasteiger partial charge on any atom is 0.274 e. The number of rotatable bonds is 4. The summed E-state index contributed by atoms with van der Waals surface area (Å²) in [7, 11) is 0. The van der Waals surface area contributed by atoms with Gasteiger partial charge in [0.1, 0.15) is 11.8 Å². The monoisotopic (exact) mass is 454 g/mol. The smallest absolute Gasteiger partial charge is 0.274 e. The van der Waals surface area contributed by atoms with Crippen molar-refractivity contribution in [1.29, 1.82) is 0 Å². The Morgan fingerprint density at radius 2 is 1.84 bits per heavy atom. The van der Waals surface area contributed by atoms with Crippen molar-refractivity contribution in [2.24, 2.45) is 0 Å². The van der Waals surface area contributed by atoms with Gasteiger partial charge in [-0.05, 0) is 43.2 Å². The first kappa shape index (κ1) is 20.8. The molecule has 2 saturated heterocycles. The van der Waals surface area contributed by atoms with E-state index in [1.165, 1.54) is 0 Å². The van der Waals surface area contributed by atoms with Crippen LogP contribution in [0.3, 0.4) is 0 Å². The lowest BCUT2D eigenvalue weighted by atomic mass is 10.2. The number of halogens is 1. The lowest BCUT2D eigenvalue weighted by molar-refractivity contribution is -0.142. The van der Waals surface area contributed by atoms with E-state index in [1.54, 1.807) is 45.0 Å². The summed E-state index contributed by atoms with van der Waals surface area (Å²) in [5.74, 6) is 0.450. The number of hydrogen-bond donors (Lipinski definition) is 0. The molecule has 0 N–H and O–H groups in total. The largest absolute Gasteiger partial charge is 0.463 e. The second-order valence-corrected chi connectivity index (χ2v) is 8.34. The van der Waals surface area contributed by atoms with Crippen LogP contribution in [0.1, 0.15) is 23.3 Å². The first-order chi connectivity index (χ1) is 15.6. The third-order valence-electron chi connectivity index (χ3n) is 5.84. The van der Waals surface area contributed by atoms with Crippen LogP contribution < -0.4 is 0 Å². The third-order valence-corrected chi connectivity index (χ3v) is 6.07. The number of carbonyl (C=O) groups is 2. The molecule has 2 aromatic heterocycles. The number of furan rings is 1. The van der Waals surface area contributed by atoms with E-state index in [-0.39, 0.29) is 17.9 Å². The summed E-state index contributed by atoms with van der Waals surface area (Å²) >= 11 is 6.17. The number of ether oxygens (including phenoxy) is 1. The van der Waals surface area contributed by atoms with Crippen LogP contribution in [0, 0.1) is 0 Å². The van der Waals surface area contributed by atoms with Gasteiger partial charge in [0.15, 0.2) is 11.5 Å². The zero-order valence-electron chi connectivity index (χ0n) is 17.4. The van der Waals surface area contributed by atoms with Crippen LogP contribution in [0.25, 0.3) is 17.1 Å². The predicted molar refractivity (Wildman–Crippen MR) is 118 cm³/mol. The van der Waals surface area contributed by atoms with Gasteiger partial charge in [-0.2, -0.15) is 5.10 Å². The fourth-order valence-corrected chi connectivity index (χ4v) is 4.34. The van der Waals surface area contributed by atoms with Crippen LogP contribution >= 0.6 is 11.6 Å². The summed E-state index contributed by atoms with van der Waals surface area (Å²) in [6.07, 6.45) is 2.94. The number of amides is 2. The van der Waals surface area contributed by atoms with Crippen molar-refractivity contribution in [2.45, 2.75) is 18.9 Å². The molecule has 1 aromatic carbocycles. The highest BCUT2D eigenvalue weighted by molar-refractivity contribution is 6.30. The molecule has 1 unspecified atom stereocenters. The van der Waals surface area contributed by atoms with Crippen molar-refractivity contribution in [1.82, 2.24) is 19.6 Å². The van der Waals surface area contributed by atoms with E-state index in [4.69, 9.17) is 20.8 Å². The lowest BCUT2D eigenvalue weighted by Gasteiger charge is -2.35. The molecule has 8 nitrogen and oxygen atoms in total. The van der Waals surface area contributed by atoms with E-state index in [2.05, 4.69) is 5.10 Å². The second kappa shape index (κ2) is 8.80. The molecular weight excluding hydrogens is 432 g/mol. The Morgan fingerprint density at radius 1 is 1.03 bits per heavy atom. The van der Waals surface area contributed by atoms with Crippen molar-refractivity contribution < 1.29 is 18.7 Å². The van der Waals surface area contributed by atoms with Gasteiger partial charge in [0, 0.05) is 43.9 Å². The van der Waals surface area contributed by atoms with Gasteiger partial charge < -0.3 is 19.0 Å². The predicted octanol–water partition coefficient (Wildman–Crippen LogP) is 3.25. The van der Waals surface area contributed by atoms with Crippen LogP contribution in [0.2, 0.25) is 5.02 Å². The molecule has 0 aliphatic carbocycles. The fraction of sp³-hybridized carbons (Fsp3) is 0.348. The lowest BCUT2D eigenvalue weighted by Crippen LogP contribution is -2.52. The Morgan fingerprint density at radius 3 is 2.53 bits per heavy atom. The van der Waals surface area contributed by atoms with Crippen molar-refractivity contribution >= 4 is 23.4 Å². The van der Waals surface area contributed by atoms with E-state index < -0.39 is 0 Å². The topological polar surface area (TPSA) is 80.8 Å². The van der Waals surface area contributed by atoms with E-state index in [0.717, 1.165) is 18.5 Å². The molecule has 5 rings (SSSR count). The Hall–Kier alpha value is -3.10. The van der Waals surface area contributed by atoms with Crippen LogP contribution in [-0.4, -0.2) is 70.3 Å². The minimum absolute atomic E-state index is 0.0277. The maximum absolute atomic E-state index is 13.2. The molecule has 32 heavy (non-hydrogen) atoms. The van der Waals surface area contributed by atoms with E-state index in [1.807, 2.05) is 18.2 Å². The fourth-order valence-electron chi connectivity index (χ4n) is 4.16. The van der Waals surface area contributed by atoms with E-state index in [9.17, 15) is 9.59 Å². The van der Waals surface area contributed by atoms with Gasteiger partial charge in [-0.25, -0.2) is 4.68 Å². The summed E-state index contributed by atoms with van der Waals surface area (Å²) in [6.45, 7) is 2.53. The number of piperazine rings is 1. The van der Waals surface area contributed by atoms with E-state index in [0.29, 0.717) is 55.0 Å². The average molecular weight is 455 g/mol. The molecule has 0 bridgehead atoms. The highest BCUT2D eigenvalue weighted by Gasteiger charge is 2.32. The molecule has 166 valence electrons. The standard InChI is InChI=1S/C23H23ClN4O4/c24-16-4-1-5-17(14-16)28-19(20-6-2-12-31-20)15-18(25-28)22(29)26-8-10-27(11-9-26)23(30)21-7-3-13-32-21/h1-2,4-6,12,14-15,21H,3,7-11,13H2. The molecule has 2 fully saturated rings. The minimum Gasteiger partial charge on any atom is -0.463 e. The number of benzene rings is 1. The Bertz CT molecular complexity index is 1110. The van der Waals surface area contributed by atoms with Crippen molar-refractivity contribution in [3.8, 4) is 17.1 Å². The van der Waals surface area contributed by atoms with Crippen LogP contribution in [0.15, 0.2) is 53.1 Å². The van der Waals surface area contributed by atoms with Crippen molar-refractivity contribution in [3.05, 3.63) is 59.4 Å². The van der Waals surface area contributed by atoms with Crippen LogP contribution in [0.4, 0.5) is 0 Å². The third kappa shape index (κ3) is 4.03. The number of hydrogen-bond acceptors (Lipinski definition) is 5. The first-order valence-corrected chi connectivity index (χ1v) is 11.1. The van der Waals surface area contributed by atoms with Gasteiger partial charge >= 0.3 is 0 Å². The molecule has 9 heteroatoms. The summed E-state index contributed by atoms with van der Waals surface area (Å²) in [5, 5.41) is 5.15. The summed E-state index contributed by atoms with van der Waals surface area (Å²) < 4.78 is 12.7. The Balaban J connectivity index is 1.35. The van der Waals surface area contributed by atoms with Gasteiger partial charge in [0.25, 0.3) is 11.8 Å². The second-order valence-electron chi connectivity index (χ2n) is 7.90. The van der Waals surface area contributed by atoms with Crippen LogP contribution in [-0.2, 0) is 9.53 Å². The van der Waals surface area contributed by atoms with Gasteiger partial charge in [-0.1, -0.05) is 17.7 Å². The van der Waals surface area contributed by atoms with Crippen LogP contribution in [0.5, 0.6) is 0 Å². The zero-order chi connectivity index (χ0) is 22.1. The molecule has 3 aromatic rings. The SMILES string of the molecule is O=C(c1cc(-c2ccco2)n(-c2cccc(Cl)c2)n1)N1CCN(C(=O)C2CCCO2)CC1. The summed E-state index contributed by atoms with van der Waals surface area (Å²) in [4.78, 5) is 29.3. The molecule has 1 atom stereocenters. The highest BCUT2D eigenvalue weighted by atomic mass is 35.5. The Kier molecular flexibility index (Phi) is 5.71. The van der Waals surface area contributed by atoms with Crippen molar-refractivity contribution in [2.75, 3.05) is 32.8 Å². The molecule has 2 aliphatic heterocycles. The molecule has 2 aliphatic rings. The average Bonchev–Trinajstić information content (AvgIpc) is 3.59.